The van der Waals surface area contributed by atoms with Crippen molar-refractivity contribution in [3.63, 3.8) is 0 Å². The number of thioether (sulfide) groups is 1. The van der Waals surface area contributed by atoms with E-state index in [0.717, 1.165) is 52.2 Å². The molecule has 3 rings (SSSR count). The van der Waals surface area contributed by atoms with Crippen molar-refractivity contribution in [2.45, 2.75) is 31.7 Å². The van der Waals surface area contributed by atoms with Crippen LogP contribution in [0.25, 0.3) is 10.3 Å². The highest BCUT2D eigenvalue weighted by Crippen LogP contribution is 2.34. The number of benzene rings is 1. The Morgan fingerprint density at radius 3 is 2.55 bits per heavy atom. The van der Waals surface area contributed by atoms with Crippen molar-refractivity contribution in [2.75, 3.05) is 36.2 Å². The number of ether oxygens (including phenoxy) is 1. The Balaban J connectivity index is 1.68. The fraction of sp³-hybridized carbons (Fsp3) is 0.400. The van der Waals surface area contributed by atoms with Gasteiger partial charge in [0.15, 0.2) is 10.8 Å². The first-order valence-corrected chi connectivity index (χ1v) is 11.4. The van der Waals surface area contributed by atoms with E-state index >= 15 is 0 Å². The van der Waals surface area contributed by atoms with Gasteiger partial charge in [0.2, 0.25) is 5.91 Å². The van der Waals surface area contributed by atoms with E-state index in [1.807, 2.05) is 24.3 Å². The first-order valence-electron chi connectivity index (χ1n) is 9.57. The minimum Gasteiger partial charge on any atom is -0.497 e. The van der Waals surface area contributed by atoms with Crippen LogP contribution in [0.1, 0.15) is 26.7 Å². The zero-order valence-corrected chi connectivity index (χ0v) is 18.5. The summed E-state index contributed by atoms with van der Waals surface area (Å²) < 4.78 is 6.06. The molecule has 29 heavy (non-hydrogen) atoms. The fourth-order valence-corrected chi connectivity index (χ4v) is 4.75. The van der Waals surface area contributed by atoms with Crippen molar-refractivity contribution in [3.8, 4) is 5.75 Å². The maximum absolute atomic E-state index is 12.3. The van der Waals surface area contributed by atoms with Crippen LogP contribution in [0.5, 0.6) is 5.75 Å². The molecule has 0 bridgehead atoms. The molecular weight excluding hydrogens is 406 g/mol. The predicted molar refractivity (Wildman–Crippen MR) is 120 cm³/mol. The Kier molecular flexibility index (Phi) is 7.65. The number of nitrogens with zero attached hydrogens (tertiary/aromatic N) is 4. The first-order chi connectivity index (χ1) is 14.1. The highest BCUT2D eigenvalue weighted by atomic mass is 32.2. The second-order valence-electron chi connectivity index (χ2n) is 6.38. The molecule has 0 aliphatic heterocycles. The molecule has 7 nitrogen and oxygen atoms in total. The standard InChI is InChI=1S/C20H25N5O2S2/c1-4-10-25(11-5-2)20-24-18-17(29-20)19(22-13-21-18)28-12-16(26)23-14-6-8-15(27-3)9-7-14/h6-9,13H,4-5,10-12H2,1-3H3,(H,23,26). The molecule has 0 aliphatic rings. The lowest BCUT2D eigenvalue weighted by Gasteiger charge is -2.19. The van der Waals surface area contributed by atoms with Crippen molar-refractivity contribution in [3.05, 3.63) is 30.6 Å². The lowest BCUT2D eigenvalue weighted by molar-refractivity contribution is -0.113. The number of fused-ring (bicyclic) bond motifs is 1. The van der Waals surface area contributed by atoms with E-state index in [-0.39, 0.29) is 11.7 Å². The SMILES string of the molecule is CCCN(CCC)c1nc2ncnc(SCC(=O)Nc3ccc(OC)cc3)c2s1. The third-order valence-electron chi connectivity index (χ3n) is 4.12. The molecule has 0 fully saturated rings. The molecule has 0 saturated heterocycles. The van der Waals surface area contributed by atoms with Crippen molar-refractivity contribution in [2.24, 2.45) is 0 Å². The highest BCUT2D eigenvalue weighted by molar-refractivity contribution is 8.00. The number of methoxy groups -OCH3 is 1. The smallest absolute Gasteiger partial charge is 0.234 e. The van der Waals surface area contributed by atoms with E-state index in [4.69, 9.17) is 4.74 Å². The largest absolute Gasteiger partial charge is 0.497 e. The Hall–Kier alpha value is -2.39. The van der Waals surface area contributed by atoms with Crippen LogP contribution >= 0.6 is 23.1 Å². The minimum absolute atomic E-state index is 0.0877. The topological polar surface area (TPSA) is 80.2 Å². The summed E-state index contributed by atoms with van der Waals surface area (Å²) in [5.41, 5.74) is 1.43. The molecule has 1 N–H and O–H groups in total. The van der Waals surface area contributed by atoms with Crippen molar-refractivity contribution >= 4 is 50.2 Å². The number of thiazole rings is 1. The molecule has 0 spiro atoms. The van der Waals surface area contributed by atoms with Crippen molar-refractivity contribution in [1.82, 2.24) is 15.0 Å². The Labute approximate surface area is 178 Å². The van der Waals surface area contributed by atoms with Crippen LogP contribution in [0, 0.1) is 0 Å². The normalized spacial score (nSPS) is 10.9. The summed E-state index contributed by atoms with van der Waals surface area (Å²) in [5, 5.41) is 4.64. The van der Waals surface area contributed by atoms with Crippen LogP contribution in [-0.2, 0) is 4.79 Å². The summed E-state index contributed by atoms with van der Waals surface area (Å²) in [6.07, 6.45) is 3.64. The number of anilines is 2. The first kappa shape index (κ1) is 21.3. The number of rotatable bonds is 10. The number of carbonyl (C=O) groups excluding carboxylic acids is 1. The van der Waals surface area contributed by atoms with Gasteiger partial charge in [0.1, 0.15) is 21.8 Å². The zero-order chi connectivity index (χ0) is 20.6. The lowest BCUT2D eigenvalue weighted by Crippen LogP contribution is -2.24. The monoisotopic (exact) mass is 431 g/mol. The summed E-state index contributed by atoms with van der Waals surface area (Å²) in [6.45, 7) is 6.26. The number of hydrogen-bond donors (Lipinski definition) is 1. The van der Waals surface area contributed by atoms with E-state index in [9.17, 15) is 4.79 Å². The molecule has 1 amide bonds. The van der Waals surface area contributed by atoms with Crippen LogP contribution in [-0.4, -0.2) is 46.8 Å². The van der Waals surface area contributed by atoms with Gasteiger partial charge in [0, 0.05) is 18.8 Å². The molecule has 0 atom stereocenters. The van der Waals surface area contributed by atoms with Gasteiger partial charge in [-0.1, -0.05) is 36.9 Å². The average molecular weight is 432 g/mol. The van der Waals surface area contributed by atoms with Crippen molar-refractivity contribution in [1.29, 1.82) is 0 Å². The summed E-state index contributed by atoms with van der Waals surface area (Å²) in [7, 11) is 1.61. The predicted octanol–water partition coefficient (Wildman–Crippen LogP) is 4.45. The maximum atomic E-state index is 12.3. The van der Waals surface area contributed by atoms with Crippen LogP contribution in [0.3, 0.4) is 0 Å². The quantitative estimate of drug-likeness (QED) is 0.375. The minimum atomic E-state index is -0.0877. The second kappa shape index (κ2) is 10.4. The molecule has 2 heterocycles. The fourth-order valence-electron chi connectivity index (χ4n) is 2.81. The second-order valence-corrected chi connectivity index (χ2v) is 8.32. The summed E-state index contributed by atoms with van der Waals surface area (Å²) in [4.78, 5) is 28.0. The van der Waals surface area contributed by atoms with Gasteiger partial charge >= 0.3 is 0 Å². The van der Waals surface area contributed by atoms with Gasteiger partial charge in [0.25, 0.3) is 0 Å². The van der Waals surface area contributed by atoms with Gasteiger partial charge in [-0.05, 0) is 37.1 Å². The number of hydrogen-bond acceptors (Lipinski definition) is 8. The van der Waals surface area contributed by atoms with Gasteiger partial charge in [0.05, 0.1) is 12.9 Å². The molecule has 0 aliphatic carbocycles. The third kappa shape index (κ3) is 5.57. The van der Waals surface area contributed by atoms with Crippen LogP contribution in [0.4, 0.5) is 10.8 Å². The molecule has 0 unspecified atom stereocenters. The van der Waals surface area contributed by atoms with Gasteiger partial charge in [-0.3, -0.25) is 4.79 Å². The molecule has 0 saturated carbocycles. The van der Waals surface area contributed by atoms with Crippen LogP contribution in [0.15, 0.2) is 35.6 Å². The Morgan fingerprint density at radius 1 is 1.17 bits per heavy atom. The number of amides is 1. The Bertz CT molecular complexity index is 940. The third-order valence-corrected chi connectivity index (χ3v) is 6.35. The van der Waals surface area contributed by atoms with E-state index < -0.39 is 0 Å². The molecule has 9 heteroatoms. The van der Waals surface area contributed by atoms with E-state index in [2.05, 4.69) is 39.0 Å². The lowest BCUT2D eigenvalue weighted by atomic mass is 10.3. The van der Waals surface area contributed by atoms with Gasteiger partial charge in [-0.25, -0.2) is 9.97 Å². The van der Waals surface area contributed by atoms with Gasteiger partial charge in [-0.15, -0.1) is 0 Å². The van der Waals surface area contributed by atoms with Crippen molar-refractivity contribution < 1.29 is 9.53 Å². The Morgan fingerprint density at radius 2 is 1.90 bits per heavy atom. The zero-order valence-electron chi connectivity index (χ0n) is 16.8. The maximum Gasteiger partial charge on any atom is 0.234 e. The summed E-state index contributed by atoms with van der Waals surface area (Å²) in [6, 6.07) is 7.26. The average Bonchev–Trinajstić information content (AvgIpc) is 3.17. The van der Waals surface area contributed by atoms with Gasteiger partial charge in [-0.2, -0.15) is 4.98 Å². The number of nitrogens with one attached hydrogen (secondary N) is 1. The summed E-state index contributed by atoms with van der Waals surface area (Å²) in [5.74, 6) is 0.927. The molecule has 154 valence electrons. The number of carbonyl (C=O) groups is 1. The van der Waals surface area contributed by atoms with E-state index in [1.54, 1.807) is 18.4 Å². The molecule has 2 aromatic heterocycles. The van der Waals surface area contributed by atoms with Crippen LogP contribution in [0.2, 0.25) is 0 Å². The molecule has 3 aromatic rings. The molecular formula is C20H25N5O2S2. The highest BCUT2D eigenvalue weighted by Gasteiger charge is 2.16. The number of aromatic nitrogens is 3. The van der Waals surface area contributed by atoms with Gasteiger partial charge < -0.3 is 15.0 Å². The van der Waals surface area contributed by atoms with Crippen LogP contribution < -0.4 is 15.0 Å². The molecule has 0 radical (unpaired) electrons. The van der Waals surface area contributed by atoms with E-state index in [1.165, 1.54) is 18.1 Å². The molecule has 1 aromatic carbocycles. The summed E-state index contributed by atoms with van der Waals surface area (Å²) >= 11 is 3.00. The van der Waals surface area contributed by atoms with E-state index in [0.29, 0.717) is 5.65 Å².